The summed E-state index contributed by atoms with van der Waals surface area (Å²) >= 11 is 0. The Morgan fingerprint density at radius 3 is 2.56 bits per heavy atom. The van der Waals surface area contributed by atoms with Gasteiger partial charge in [0.2, 0.25) is 10.0 Å². The fraction of sp³-hybridized carbons (Fsp3) is 0.583. The first-order valence-corrected chi connectivity index (χ1v) is 7.67. The molecule has 1 atom stereocenters. The Hall–Kier alpha value is -1.14. The van der Waals surface area contributed by atoms with Gasteiger partial charge in [0.05, 0.1) is 0 Å². The molecule has 6 heteroatoms. The zero-order valence-corrected chi connectivity index (χ0v) is 11.5. The van der Waals surface area contributed by atoms with Crippen LogP contribution in [-0.4, -0.2) is 26.5 Å². The highest BCUT2D eigenvalue weighted by Crippen LogP contribution is 2.30. The molecule has 1 aliphatic rings. The van der Waals surface area contributed by atoms with Gasteiger partial charge in [-0.2, -0.15) is 0 Å². The molecule has 1 aromatic heterocycles. The van der Waals surface area contributed by atoms with Crippen LogP contribution in [0.1, 0.15) is 26.2 Å². The van der Waals surface area contributed by atoms with Gasteiger partial charge in [-0.05, 0) is 37.8 Å². The third-order valence-corrected chi connectivity index (χ3v) is 5.04. The van der Waals surface area contributed by atoms with Crippen LogP contribution in [0.2, 0.25) is 0 Å². The molecule has 0 aliphatic heterocycles. The maximum atomic E-state index is 12.1. The molecule has 0 saturated heterocycles. The van der Waals surface area contributed by atoms with E-state index in [0.29, 0.717) is 11.7 Å². The van der Waals surface area contributed by atoms with Crippen molar-refractivity contribution in [2.24, 2.45) is 5.92 Å². The van der Waals surface area contributed by atoms with Crippen molar-refractivity contribution in [3.8, 4) is 0 Å². The predicted molar refractivity (Wildman–Crippen MR) is 70.9 cm³/mol. The Bertz CT molecular complexity index is 495. The van der Waals surface area contributed by atoms with Gasteiger partial charge in [0.25, 0.3) is 0 Å². The molecule has 0 spiro atoms. The molecular weight excluding hydrogens is 250 g/mol. The van der Waals surface area contributed by atoms with Crippen molar-refractivity contribution >= 4 is 15.8 Å². The van der Waals surface area contributed by atoms with E-state index in [1.54, 1.807) is 19.2 Å². The van der Waals surface area contributed by atoms with Crippen LogP contribution in [0.4, 0.5) is 5.82 Å². The van der Waals surface area contributed by atoms with E-state index >= 15 is 0 Å². The van der Waals surface area contributed by atoms with Crippen LogP contribution < -0.4 is 10.0 Å². The third kappa shape index (κ3) is 2.81. The number of aromatic nitrogens is 1. The summed E-state index contributed by atoms with van der Waals surface area (Å²) in [7, 11) is -1.70. The normalized spacial score (nSPS) is 18.1. The maximum Gasteiger partial charge on any atom is 0.242 e. The van der Waals surface area contributed by atoms with Crippen molar-refractivity contribution < 1.29 is 8.42 Å². The number of anilines is 1. The van der Waals surface area contributed by atoms with E-state index in [4.69, 9.17) is 0 Å². The minimum atomic E-state index is -3.45. The molecule has 100 valence electrons. The second kappa shape index (κ2) is 5.24. The molecular formula is C12H19N3O2S. The molecule has 1 aromatic rings. The molecule has 18 heavy (non-hydrogen) atoms. The van der Waals surface area contributed by atoms with Gasteiger partial charge in [-0.15, -0.1) is 0 Å². The van der Waals surface area contributed by atoms with Crippen LogP contribution in [0, 0.1) is 5.92 Å². The minimum absolute atomic E-state index is 0.00673. The zero-order valence-electron chi connectivity index (χ0n) is 10.7. The summed E-state index contributed by atoms with van der Waals surface area (Å²) in [6.07, 6.45) is 4.80. The molecule has 0 amide bonds. The topological polar surface area (TPSA) is 71.1 Å². The number of rotatable bonds is 5. The fourth-order valence-electron chi connectivity index (χ4n) is 2.04. The first kappa shape index (κ1) is 13.3. The van der Waals surface area contributed by atoms with Gasteiger partial charge in [0.15, 0.2) is 0 Å². The minimum Gasteiger partial charge on any atom is -0.373 e. The van der Waals surface area contributed by atoms with E-state index < -0.39 is 10.0 Å². The van der Waals surface area contributed by atoms with E-state index in [1.807, 2.05) is 6.92 Å². The lowest BCUT2D eigenvalue weighted by molar-refractivity contribution is 0.260. The molecule has 2 rings (SSSR count). The number of pyridine rings is 1. The monoisotopic (exact) mass is 269 g/mol. The van der Waals surface area contributed by atoms with Crippen LogP contribution in [0.3, 0.4) is 0 Å². The SMILES string of the molecule is CNc1ccc(S(=O)(=O)NC(C)C2CCC2)cn1. The third-order valence-electron chi connectivity index (χ3n) is 3.50. The van der Waals surface area contributed by atoms with Crippen LogP contribution >= 0.6 is 0 Å². The Kier molecular flexibility index (Phi) is 3.87. The summed E-state index contributed by atoms with van der Waals surface area (Å²) in [4.78, 5) is 4.23. The van der Waals surface area contributed by atoms with Crippen molar-refractivity contribution in [1.82, 2.24) is 9.71 Å². The van der Waals surface area contributed by atoms with Crippen molar-refractivity contribution in [2.45, 2.75) is 37.1 Å². The van der Waals surface area contributed by atoms with Gasteiger partial charge < -0.3 is 5.32 Å². The molecule has 5 nitrogen and oxygen atoms in total. The summed E-state index contributed by atoms with van der Waals surface area (Å²) in [6.45, 7) is 1.93. The molecule has 0 radical (unpaired) electrons. The van der Waals surface area contributed by atoms with Crippen LogP contribution in [0.25, 0.3) is 0 Å². The number of nitrogens with zero attached hydrogens (tertiary/aromatic N) is 1. The van der Waals surface area contributed by atoms with E-state index in [9.17, 15) is 8.42 Å². The van der Waals surface area contributed by atoms with Crippen molar-refractivity contribution in [1.29, 1.82) is 0 Å². The van der Waals surface area contributed by atoms with E-state index in [-0.39, 0.29) is 10.9 Å². The van der Waals surface area contributed by atoms with Gasteiger partial charge in [-0.25, -0.2) is 18.1 Å². The van der Waals surface area contributed by atoms with Gasteiger partial charge in [-0.3, -0.25) is 0 Å². The quantitative estimate of drug-likeness (QED) is 0.851. The highest BCUT2D eigenvalue weighted by atomic mass is 32.2. The predicted octanol–water partition coefficient (Wildman–Crippen LogP) is 1.59. The number of nitrogens with one attached hydrogen (secondary N) is 2. The average molecular weight is 269 g/mol. The highest BCUT2D eigenvalue weighted by Gasteiger charge is 2.27. The van der Waals surface area contributed by atoms with Crippen molar-refractivity contribution in [3.05, 3.63) is 18.3 Å². The lowest BCUT2D eigenvalue weighted by Crippen LogP contribution is -2.40. The van der Waals surface area contributed by atoms with E-state index in [2.05, 4.69) is 15.0 Å². The van der Waals surface area contributed by atoms with Gasteiger partial charge in [-0.1, -0.05) is 6.42 Å². The molecule has 1 saturated carbocycles. The number of sulfonamides is 1. The average Bonchev–Trinajstić information content (AvgIpc) is 2.26. The van der Waals surface area contributed by atoms with Crippen LogP contribution in [-0.2, 0) is 10.0 Å². The lowest BCUT2D eigenvalue weighted by atomic mass is 9.81. The lowest BCUT2D eigenvalue weighted by Gasteiger charge is -2.31. The molecule has 0 bridgehead atoms. The Balaban J connectivity index is 2.08. The Morgan fingerprint density at radius 1 is 1.39 bits per heavy atom. The Labute approximate surface area is 108 Å². The fourth-order valence-corrected chi connectivity index (χ4v) is 3.29. The van der Waals surface area contributed by atoms with Crippen molar-refractivity contribution in [3.63, 3.8) is 0 Å². The van der Waals surface area contributed by atoms with Gasteiger partial charge >= 0.3 is 0 Å². The molecule has 1 unspecified atom stereocenters. The molecule has 1 heterocycles. The number of hydrogen-bond acceptors (Lipinski definition) is 4. The molecule has 1 fully saturated rings. The summed E-state index contributed by atoms with van der Waals surface area (Å²) in [5, 5.41) is 2.86. The van der Waals surface area contributed by atoms with Gasteiger partial charge in [0, 0.05) is 19.3 Å². The molecule has 1 aliphatic carbocycles. The smallest absolute Gasteiger partial charge is 0.242 e. The summed E-state index contributed by atoms with van der Waals surface area (Å²) in [6, 6.07) is 3.21. The second-order valence-electron chi connectivity index (χ2n) is 4.73. The van der Waals surface area contributed by atoms with Crippen LogP contribution in [0.5, 0.6) is 0 Å². The summed E-state index contributed by atoms with van der Waals surface area (Å²) in [5.41, 5.74) is 0. The molecule has 2 N–H and O–H groups in total. The molecule has 0 aromatic carbocycles. The first-order valence-electron chi connectivity index (χ1n) is 6.19. The second-order valence-corrected chi connectivity index (χ2v) is 6.44. The number of hydrogen-bond donors (Lipinski definition) is 2. The van der Waals surface area contributed by atoms with Gasteiger partial charge in [0.1, 0.15) is 10.7 Å². The standard InChI is InChI=1S/C12H19N3O2S/c1-9(10-4-3-5-10)15-18(16,17)11-6-7-12(13-2)14-8-11/h6-10,15H,3-5H2,1-2H3,(H,13,14). The van der Waals surface area contributed by atoms with E-state index in [1.165, 1.54) is 12.6 Å². The highest BCUT2D eigenvalue weighted by molar-refractivity contribution is 7.89. The first-order chi connectivity index (χ1) is 8.53. The largest absolute Gasteiger partial charge is 0.373 e. The van der Waals surface area contributed by atoms with E-state index in [0.717, 1.165) is 12.8 Å². The summed E-state index contributed by atoms with van der Waals surface area (Å²) in [5.74, 6) is 1.13. The zero-order chi connectivity index (χ0) is 13.2. The summed E-state index contributed by atoms with van der Waals surface area (Å²) < 4.78 is 27.0. The maximum absolute atomic E-state index is 12.1. The van der Waals surface area contributed by atoms with Crippen LogP contribution in [0.15, 0.2) is 23.2 Å². The van der Waals surface area contributed by atoms with Crippen molar-refractivity contribution in [2.75, 3.05) is 12.4 Å². The Morgan fingerprint density at radius 2 is 2.11 bits per heavy atom.